The lowest BCUT2D eigenvalue weighted by atomic mass is 10.0. The van der Waals surface area contributed by atoms with Gasteiger partial charge in [0.25, 0.3) is 11.6 Å². The van der Waals surface area contributed by atoms with Crippen molar-refractivity contribution in [1.82, 2.24) is 24.7 Å². The van der Waals surface area contributed by atoms with Crippen molar-refractivity contribution in [3.05, 3.63) is 58.2 Å². The van der Waals surface area contributed by atoms with E-state index in [0.717, 1.165) is 24.4 Å². The molecule has 2 aromatic heterocycles. The summed E-state index contributed by atoms with van der Waals surface area (Å²) in [5.74, 6) is 0.0619. The molecule has 0 bridgehead atoms. The highest BCUT2D eigenvalue weighted by molar-refractivity contribution is 7.99. The summed E-state index contributed by atoms with van der Waals surface area (Å²) in [6.45, 7) is 7.77. The van der Waals surface area contributed by atoms with Gasteiger partial charge < -0.3 is 4.74 Å². The number of non-ortho nitro benzene ring substituents is 1. The first-order valence-electron chi connectivity index (χ1n) is 12.2. The molecule has 0 aliphatic heterocycles. The van der Waals surface area contributed by atoms with Gasteiger partial charge in [-0.2, -0.15) is 0 Å². The third kappa shape index (κ3) is 7.43. The zero-order chi connectivity index (χ0) is 26.4. The van der Waals surface area contributed by atoms with Crippen LogP contribution in [0.3, 0.4) is 0 Å². The predicted octanol–water partition coefficient (Wildman–Crippen LogP) is 5.35. The number of anilines is 1. The van der Waals surface area contributed by atoms with E-state index in [1.165, 1.54) is 42.8 Å². The number of rotatable bonds is 11. The summed E-state index contributed by atoms with van der Waals surface area (Å²) >= 11 is 1.18. The number of hydrogen-bond acceptors (Lipinski definition) is 9. The fraction of sp³-hybridized carbons (Fsp3) is 0.458. The largest absolute Gasteiger partial charge is 0.361 e. The molecule has 4 rings (SSSR count). The molecule has 1 aliphatic carbocycles. The lowest BCUT2D eigenvalue weighted by molar-refractivity contribution is -0.384. The number of ether oxygens (including phenoxy) is 1. The highest BCUT2D eigenvalue weighted by Crippen LogP contribution is 2.34. The number of nitro benzene ring substituents is 1. The van der Waals surface area contributed by atoms with E-state index in [0.29, 0.717) is 22.6 Å². The van der Waals surface area contributed by atoms with E-state index in [2.05, 4.69) is 45.1 Å². The molecule has 0 saturated heterocycles. The van der Waals surface area contributed by atoms with Crippen molar-refractivity contribution in [2.24, 2.45) is 0 Å². The molecule has 1 aliphatic rings. The molecule has 0 spiro atoms. The van der Waals surface area contributed by atoms with Crippen molar-refractivity contribution in [1.29, 1.82) is 0 Å². The maximum Gasteiger partial charge on any atom is 0.270 e. The summed E-state index contributed by atoms with van der Waals surface area (Å²) in [6, 6.07) is 5.17. The van der Waals surface area contributed by atoms with Crippen LogP contribution in [-0.4, -0.2) is 50.2 Å². The van der Waals surface area contributed by atoms with Crippen LogP contribution in [-0.2, 0) is 11.5 Å². The van der Waals surface area contributed by atoms with Crippen LogP contribution in [0.25, 0.3) is 0 Å². The summed E-state index contributed by atoms with van der Waals surface area (Å²) in [4.78, 5) is 33.1. The number of carbonyl (C=O) groups is 1. The van der Waals surface area contributed by atoms with Crippen LogP contribution in [0.5, 0.6) is 0 Å². The van der Waals surface area contributed by atoms with Gasteiger partial charge >= 0.3 is 0 Å². The zero-order valence-electron chi connectivity index (χ0n) is 21.2. The van der Waals surface area contributed by atoms with Crippen LogP contribution < -0.4 is 5.32 Å². The van der Waals surface area contributed by atoms with Gasteiger partial charge in [-0.3, -0.25) is 24.8 Å². The van der Waals surface area contributed by atoms with Gasteiger partial charge in [0.1, 0.15) is 13.1 Å². The normalized spacial score (nSPS) is 14.1. The Hall–Kier alpha value is -3.16. The van der Waals surface area contributed by atoms with E-state index in [9.17, 15) is 14.9 Å². The molecule has 2 heterocycles. The van der Waals surface area contributed by atoms with Crippen LogP contribution in [0.4, 0.5) is 11.6 Å². The highest BCUT2D eigenvalue weighted by Gasteiger charge is 2.22. The lowest BCUT2D eigenvalue weighted by Crippen LogP contribution is -2.22. The third-order valence-corrected chi connectivity index (χ3v) is 8.93. The summed E-state index contributed by atoms with van der Waals surface area (Å²) in [7, 11) is -1.21. The quantitative estimate of drug-likeness (QED) is 0.147. The number of carbonyl (C=O) groups excluding carboxylic acids is 1. The second kappa shape index (κ2) is 11.9. The summed E-state index contributed by atoms with van der Waals surface area (Å²) < 4.78 is 7.54. The van der Waals surface area contributed by atoms with Crippen molar-refractivity contribution in [3.8, 4) is 0 Å². The highest BCUT2D eigenvalue weighted by atomic mass is 32.2. The number of hydrogen-bond donors (Lipinski definition) is 1. The molecule has 11 nitrogen and oxygen atoms in total. The minimum Gasteiger partial charge on any atom is -0.361 e. The minimum absolute atomic E-state index is 0.122. The molecule has 1 fully saturated rings. The van der Waals surface area contributed by atoms with Crippen molar-refractivity contribution in [2.45, 2.75) is 74.1 Å². The number of aromatic nitrogens is 5. The van der Waals surface area contributed by atoms with Crippen LogP contribution >= 0.6 is 11.8 Å². The number of nitrogens with one attached hydrogen (secondary N) is 1. The minimum atomic E-state index is -1.21. The molecule has 13 heteroatoms. The number of nitro groups is 1. The van der Waals surface area contributed by atoms with E-state index in [-0.39, 0.29) is 23.9 Å². The SMILES string of the molecule is C[Si](C)(C)CCOCn1cnnc1Sc1ccc([N+](=O)[O-])cc1C(=O)Nc1ncc(C2CCCC2)cn1. The van der Waals surface area contributed by atoms with Crippen molar-refractivity contribution in [3.63, 3.8) is 0 Å². The summed E-state index contributed by atoms with van der Waals surface area (Å²) in [6.07, 6.45) is 9.69. The smallest absolute Gasteiger partial charge is 0.270 e. The lowest BCUT2D eigenvalue weighted by Gasteiger charge is -2.15. The Bertz CT molecular complexity index is 1240. The van der Waals surface area contributed by atoms with Gasteiger partial charge in [-0.1, -0.05) is 32.5 Å². The van der Waals surface area contributed by atoms with Crippen LogP contribution in [0.15, 0.2) is 47.0 Å². The van der Waals surface area contributed by atoms with Gasteiger partial charge in [0.2, 0.25) is 5.95 Å². The van der Waals surface area contributed by atoms with Crippen LogP contribution in [0, 0.1) is 10.1 Å². The molecule has 0 atom stereocenters. The van der Waals surface area contributed by atoms with Gasteiger partial charge in [-0.05, 0) is 48.2 Å². The number of amides is 1. The Balaban J connectivity index is 1.49. The molecular formula is C24H31N7O4SSi. The molecule has 1 saturated carbocycles. The average Bonchev–Trinajstić information content (AvgIpc) is 3.54. The van der Waals surface area contributed by atoms with Crippen molar-refractivity contribution in [2.75, 3.05) is 11.9 Å². The van der Waals surface area contributed by atoms with E-state index >= 15 is 0 Å². The molecule has 196 valence electrons. The molecule has 1 N–H and O–H groups in total. The maximum atomic E-state index is 13.2. The Morgan fingerprint density at radius 3 is 2.65 bits per heavy atom. The summed E-state index contributed by atoms with van der Waals surface area (Å²) in [5, 5.41) is 22.7. The van der Waals surface area contributed by atoms with E-state index in [1.54, 1.807) is 23.3 Å². The second-order valence-corrected chi connectivity index (χ2v) is 16.9. The van der Waals surface area contributed by atoms with Crippen molar-refractivity contribution < 1.29 is 14.5 Å². The van der Waals surface area contributed by atoms with E-state index in [1.807, 2.05) is 0 Å². The molecular weight excluding hydrogens is 510 g/mol. The van der Waals surface area contributed by atoms with Crippen molar-refractivity contribution >= 4 is 37.4 Å². The first-order valence-corrected chi connectivity index (χ1v) is 16.8. The van der Waals surface area contributed by atoms with Gasteiger partial charge in [-0.15, -0.1) is 10.2 Å². The first-order chi connectivity index (χ1) is 17.7. The molecule has 37 heavy (non-hydrogen) atoms. The van der Waals surface area contributed by atoms with Crippen LogP contribution in [0.2, 0.25) is 25.7 Å². The van der Waals surface area contributed by atoms with E-state index in [4.69, 9.17) is 4.74 Å². The summed E-state index contributed by atoms with van der Waals surface area (Å²) in [5.41, 5.74) is 0.994. The topological polar surface area (TPSA) is 138 Å². The average molecular weight is 542 g/mol. The molecule has 0 radical (unpaired) electrons. The maximum absolute atomic E-state index is 13.2. The molecule has 1 aromatic carbocycles. The van der Waals surface area contributed by atoms with Gasteiger partial charge in [-0.25, -0.2) is 9.97 Å². The fourth-order valence-electron chi connectivity index (χ4n) is 3.99. The Kier molecular flexibility index (Phi) is 8.66. The second-order valence-electron chi connectivity index (χ2n) is 10.2. The van der Waals surface area contributed by atoms with E-state index < -0.39 is 18.9 Å². The molecule has 0 unspecified atom stereocenters. The number of nitrogens with zero attached hydrogens (tertiary/aromatic N) is 6. The standard InChI is InChI=1S/C24H31N7O4SSi/c1-37(2,3)11-10-35-16-30-15-27-29-24(30)36-21-9-8-19(31(33)34)12-20(21)22(32)28-23-25-13-18(14-26-23)17-6-4-5-7-17/h8-9,12-15,17H,4-7,10-11,16H2,1-3H3,(H,25,26,28,32). The Labute approximate surface area is 220 Å². The Morgan fingerprint density at radius 1 is 1.24 bits per heavy atom. The van der Waals surface area contributed by atoms with Gasteiger partial charge in [0.05, 0.1) is 10.5 Å². The zero-order valence-corrected chi connectivity index (χ0v) is 23.0. The first kappa shape index (κ1) is 26.9. The van der Waals surface area contributed by atoms with Gasteiger partial charge in [0, 0.05) is 44.1 Å². The van der Waals surface area contributed by atoms with Crippen LogP contribution in [0.1, 0.15) is 47.5 Å². The molecule has 3 aromatic rings. The monoisotopic (exact) mass is 541 g/mol. The molecule has 1 amide bonds. The Morgan fingerprint density at radius 2 is 1.97 bits per heavy atom. The third-order valence-electron chi connectivity index (χ3n) is 6.15. The predicted molar refractivity (Wildman–Crippen MR) is 143 cm³/mol. The van der Waals surface area contributed by atoms with Gasteiger partial charge in [0.15, 0.2) is 5.16 Å². The number of benzene rings is 1. The fourth-order valence-corrected chi connectivity index (χ4v) is 5.65.